The first-order valence-electron chi connectivity index (χ1n) is 7.40. The van der Waals surface area contributed by atoms with Crippen molar-refractivity contribution in [1.29, 1.82) is 0 Å². The largest absolute Gasteiger partial charge is 0.325 e. The second-order valence-electron chi connectivity index (χ2n) is 4.79. The normalized spacial score (nSPS) is 11.6. The van der Waals surface area contributed by atoms with Gasteiger partial charge in [0.1, 0.15) is 0 Å². The number of carbonyl (C=O) groups is 1. The third-order valence-electron chi connectivity index (χ3n) is 3.08. The van der Waals surface area contributed by atoms with E-state index in [4.69, 9.17) is 0 Å². The molecule has 0 aliphatic carbocycles. The summed E-state index contributed by atoms with van der Waals surface area (Å²) < 4.78 is 0. The van der Waals surface area contributed by atoms with Crippen LogP contribution in [0.2, 0.25) is 0 Å². The number of rotatable bonds is 9. The summed E-state index contributed by atoms with van der Waals surface area (Å²) in [5.74, 6) is 1.14. The Morgan fingerprint density at radius 2 is 2.00 bits per heavy atom. The molecule has 1 rings (SSSR count). The maximum Gasteiger partial charge on any atom is 0.237 e. The molecule has 1 aromatic rings. The van der Waals surface area contributed by atoms with Gasteiger partial charge in [-0.1, -0.05) is 38.5 Å². The number of nitrogens with one attached hydrogen (secondary N) is 2. The third-order valence-corrected chi connectivity index (χ3v) is 4.31. The number of amides is 1. The fraction of sp³-hybridized carbons (Fsp3) is 0.562. The van der Waals surface area contributed by atoms with Crippen molar-refractivity contribution in [2.45, 2.75) is 45.4 Å². The number of thioether (sulfide) groups is 1. The van der Waals surface area contributed by atoms with Crippen molar-refractivity contribution in [3.05, 3.63) is 29.8 Å². The molecule has 1 unspecified atom stereocenters. The molecule has 0 heterocycles. The monoisotopic (exact) mass is 330 g/mol. The minimum Gasteiger partial charge on any atom is -0.325 e. The zero-order valence-corrected chi connectivity index (χ0v) is 14.8. The zero-order valence-electron chi connectivity index (χ0n) is 13.1. The molecule has 0 spiro atoms. The highest BCUT2D eigenvalue weighted by Gasteiger charge is 2.14. The molecule has 0 aliphatic heterocycles. The molecule has 1 amide bonds. The smallest absolute Gasteiger partial charge is 0.237 e. The van der Waals surface area contributed by atoms with E-state index in [9.17, 15) is 4.79 Å². The van der Waals surface area contributed by atoms with Crippen molar-refractivity contribution in [2.24, 2.45) is 0 Å². The molecule has 21 heavy (non-hydrogen) atoms. The molecule has 0 bridgehead atoms. The van der Waals surface area contributed by atoms with Gasteiger partial charge >= 0.3 is 0 Å². The summed E-state index contributed by atoms with van der Waals surface area (Å²) in [7, 11) is 0. The van der Waals surface area contributed by atoms with Crippen molar-refractivity contribution in [3.63, 3.8) is 0 Å². The molecule has 0 saturated carbocycles. The van der Waals surface area contributed by atoms with Crippen molar-refractivity contribution in [1.82, 2.24) is 5.32 Å². The van der Waals surface area contributed by atoms with E-state index in [2.05, 4.69) is 24.5 Å². The lowest BCUT2D eigenvalue weighted by molar-refractivity contribution is -0.115. The van der Waals surface area contributed by atoms with Gasteiger partial charge < -0.3 is 10.6 Å². The van der Waals surface area contributed by atoms with Crippen molar-refractivity contribution in [2.75, 3.05) is 17.6 Å². The zero-order chi connectivity index (χ0) is 14.8. The Labute approximate surface area is 139 Å². The van der Waals surface area contributed by atoms with Crippen LogP contribution >= 0.6 is 24.2 Å². The maximum absolute atomic E-state index is 12.2. The Kier molecular flexibility index (Phi) is 11.5. The van der Waals surface area contributed by atoms with E-state index in [0.717, 1.165) is 30.1 Å². The predicted octanol–water partition coefficient (Wildman–Crippen LogP) is 4.08. The predicted molar refractivity (Wildman–Crippen MR) is 96.5 cm³/mol. The van der Waals surface area contributed by atoms with Gasteiger partial charge in [0.05, 0.1) is 5.25 Å². The van der Waals surface area contributed by atoms with Crippen LogP contribution in [0, 0.1) is 0 Å². The van der Waals surface area contributed by atoms with Crippen LogP contribution in [0.3, 0.4) is 0 Å². The summed E-state index contributed by atoms with van der Waals surface area (Å²) in [6, 6.07) is 7.98. The Morgan fingerprint density at radius 1 is 1.29 bits per heavy atom. The van der Waals surface area contributed by atoms with Gasteiger partial charge in [-0.3, -0.25) is 4.79 Å². The van der Waals surface area contributed by atoms with Crippen LogP contribution in [0.4, 0.5) is 5.69 Å². The van der Waals surface area contributed by atoms with Crippen LogP contribution < -0.4 is 10.6 Å². The lowest BCUT2D eigenvalue weighted by Gasteiger charge is -2.15. The average molecular weight is 331 g/mol. The minimum atomic E-state index is -0.00580. The fourth-order valence-corrected chi connectivity index (χ4v) is 2.79. The lowest BCUT2D eigenvalue weighted by atomic mass is 10.1. The van der Waals surface area contributed by atoms with E-state index in [1.165, 1.54) is 12.8 Å². The van der Waals surface area contributed by atoms with Gasteiger partial charge in [-0.05, 0) is 37.3 Å². The van der Waals surface area contributed by atoms with E-state index < -0.39 is 0 Å². The number of hydrogen-bond acceptors (Lipinski definition) is 3. The van der Waals surface area contributed by atoms with Gasteiger partial charge in [-0.15, -0.1) is 24.2 Å². The second-order valence-corrected chi connectivity index (χ2v) is 6.24. The summed E-state index contributed by atoms with van der Waals surface area (Å²) >= 11 is 1.72. The molecule has 0 aromatic heterocycles. The molecule has 1 atom stereocenters. The Balaban J connectivity index is 0.00000400. The topological polar surface area (TPSA) is 41.1 Å². The van der Waals surface area contributed by atoms with Gasteiger partial charge in [-0.25, -0.2) is 0 Å². The average Bonchev–Trinajstić information content (AvgIpc) is 2.46. The SMILES string of the molecule is CCCCSC(C)C(=O)Nc1ccccc1CNCC.Cl. The van der Waals surface area contributed by atoms with E-state index in [1.54, 1.807) is 11.8 Å². The van der Waals surface area contributed by atoms with Crippen molar-refractivity contribution < 1.29 is 4.79 Å². The second kappa shape index (κ2) is 11.9. The van der Waals surface area contributed by atoms with E-state index >= 15 is 0 Å². The fourth-order valence-electron chi connectivity index (χ4n) is 1.77. The highest BCUT2D eigenvalue weighted by atomic mass is 35.5. The molecule has 0 saturated heterocycles. The number of anilines is 1. The van der Waals surface area contributed by atoms with Gasteiger partial charge in [0.25, 0.3) is 0 Å². The first-order valence-corrected chi connectivity index (χ1v) is 8.45. The maximum atomic E-state index is 12.2. The summed E-state index contributed by atoms with van der Waals surface area (Å²) in [4.78, 5) is 12.2. The van der Waals surface area contributed by atoms with E-state index in [0.29, 0.717) is 0 Å². The highest BCUT2D eigenvalue weighted by molar-refractivity contribution is 8.00. The van der Waals surface area contributed by atoms with Crippen LogP contribution in [0.1, 0.15) is 39.2 Å². The summed E-state index contributed by atoms with van der Waals surface area (Å²) in [6.45, 7) is 7.92. The lowest BCUT2D eigenvalue weighted by Crippen LogP contribution is -2.24. The van der Waals surface area contributed by atoms with Gasteiger partial charge in [-0.2, -0.15) is 0 Å². The number of para-hydroxylation sites is 1. The molecule has 120 valence electrons. The Hall–Kier alpha value is -0.710. The number of hydrogen-bond donors (Lipinski definition) is 2. The summed E-state index contributed by atoms with van der Waals surface area (Å²) in [5.41, 5.74) is 2.05. The van der Waals surface area contributed by atoms with Crippen LogP contribution in [0.25, 0.3) is 0 Å². The molecule has 5 heteroatoms. The number of carbonyl (C=O) groups excluding carboxylic acids is 1. The number of halogens is 1. The molecule has 2 N–H and O–H groups in total. The number of unbranched alkanes of at least 4 members (excludes halogenated alkanes) is 1. The van der Waals surface area contributed by atoms with Crippen LogP contribution in [-0.4, -0.2) is 23.5 Å². The molecule has 3 nitrogen and oxygen atoms in total. The van der Waals surface area contributed by atoms with Gasteiger partial charge in [0.15, 0.2) is 0 Å². The third kappa shape index (κ3) is 7.74. The quantitative estimate of drug-likeness (QED) is 0.670. The molecular weight excluding hydrogens is 304 g/mol. The molecule has 0 aliphatic rings. The molecule has 0 radical (unpaired) electrons. The van der Waals surface area contributed by atoms with Crippen LogP contribution in [-0.2, 0) is 11.3 Å². The van der Waals surface area contributed by atoms with E-state index in [-0.39, 0.29) is 23.6 Å². The Bertz CT molecular complexity index is 415. The van der Waals surface area contributed by atoms with Crippen LogP contribution in [0.15, 0.2) is 24.3 Å². The highest BCUT2D eigenvalue weighted by Crippen LogP contribution is 2.18. The summed E-state index contributed by atoms with van der Waals surface area (Å²) in [6.07, 6.45) is 2.34. The van der Waals surface area contributed by atoms with Gasteiger partial charge in [0.2, 0.25) is 5.91 Å². The summed E-state index contributed by atoms with van der Waals surface area (Å²) in [5, 5.41) is 6.33. The first-order chi connectivity index (χ1) is 9.69. The minimum absolute atomic E-state index is 0. The van der Waals surface area contributed by atoms with Crippen LogP contribution in [0.5, 0.6) is 0 Å². The molecule has 0 fully saturated rings. The van der Waals surface area contributed by atoms with E-state index in [1.807, 2.05) is 31.2 Å². The van der Waals surface area contributed by atoms with Gasteiger partial charge in [0, 0.05) is 12.2 Å². The van der Waals surface area contributed by atoms with Crippen molar-refractivity contribution >= 4 is 35.8 Å². The molecule has 1 aromatic carbocycles. The number of benzene rings is 1. The Morgan fingerprint density at radius 3 is 2.67 bits per heavy atom. The van der Waals surface area contributed by atoms with Crippen molar-refractivity contribution in [3.8, 4) is 0 Å². The molecular formula is C16H27ClN2OS. The standard InChI is InChI=1S/C16H26N2OS.ClH/c1-4-6-11-20-13(3)16(19)18-15-10-8-7-9-14(15)12-17-5-2;/h7-10,13,17H,4-6,11-12H2,1-3H3,(H,18,19);1H. The first kappa shape index (κ1) is 20.3.